The SMILES string of the molecule is NC(=O)C=C1CCN(CC(CCCN2CCC(O)(c3ccc(Cl)cc3)CC2)(c2ccccc2)c2ccccc2)CC1. The van der Waals surface area contributed by atoms with Gasteiger partial charge in [-0.25, -0.2) is 0 Å². The number of halogens is 1. The fourth-order valence-electron chi connectivity index (χ4n) is 6.76. The van der Waals surface area contributed by atoms with Crippen LogP contribution in [-0.4, -0.2) is 60.1 Å². The number of likely N-dealkylation sites (tertiary alicyclic amines) is 2. The van der Waals surface area contributed by atoms with E-state index in [4.69, 9.17) is 17.3 Å². The van der Waals surface area contributed by atoms with Crippen LogP contribution in [0.2, 0.25) is 5.02 Å². The Kier molecular flexibility index (Phi) is 9.61. The molecule has 0 aliphatic carbocycles. The van der Waals surface area contributed by atoms with Crippen LogP contribution < -0.4 is 5.73 Å². The van der Waals surface area contributed by atoms with Gasteiger partial charge in [-0.15, -0.1) is 0 Å². The van der Waals surface area contributed by atoms with Crippen LogP contribution in [0.25, 0.3) is 0 Å². The number of amides is 1. The Labute approximate surface area is 249 Å². The average molecular weight is 572 g/mol. The minimum atomic E-state index is -0.783. The number of carbonyl (C=O) groups excluding carboxylic acids is 1. The van der Waals surface area contributed by atoms with E-state index in [-0.39, 0.29) is 11.3 Å². The van der Waals surface area contributed by atoms with Gasteiger partial charge >= 0.3 is 0 Å². The Balaban J connectivity index is 1.30. The molecule has 2 heterocycles. The smallest absolute Gasteiger partial charge is 0.241 e. The number of rotatable bonds is 10. The molecule has 0 spiro atoms. The van der Waals surface area contributed by atoms with Gasteiger partial charge in [0.15, 0.2) is 0 Å². The van der Waals surface area contributed by atoms with Crippen molar-refractivity contribution in [1.82, 2.24) is 9.80 Å². The Bertz CT molecular complexity index is 1250. The van der Waals surface area contributed by atoms with E-state index in [0.29, 0.717) is 5.02 Å². The maximum atomic E-state index is 11.4. The zero-order valence-corrected chi connectivity index (χ0v) is 24.6. The molecule has 5 nitrogen and oxygen atoms in total. The third kappa shape index (κ3) is 7.28. The van der Waals surface area contributed by atoms with Gasteiger partial charge in [0.25, 0.3) is 0 Å². The summed E-state index contributed by atoms with van der Waals surface area (Å²) in [6.07, 6.45) is 6.92. The summed E-state index contributed by atoms with van der Waals surface area (Å²) in [6.45, 7) is 5.55. The molecule has 3 N–H and O–H groups in total. The van der Waals surface area contributed by atoms with E-state index in [0.717, 1.165) is 88.9 Å². The number of hydrogen-bond acceptors (Lipinski definition) is 4. The number of hydrogen-bond donors (Lipinski definition) is 2. The quantitative estimate of drug-likeness (QED) is 0.297. The molecule has 0 radical (unpaired) electrons. The molecule has 3 aromatic rings. The van der Waals surface area contributed by atoms with Gasteiger partial charge in [0.05, 0.1) is 5.60 Å². The van der Waals surface area contributed by atoms with Crippen LogP contribution in [0, 0.1) is 0 Å². The van der Waals surface area contributed by atoms with Crippen molar-refractivity contribution in [1.29, 1.82) is 0 Å². The highest BCUT2D eigenvalue weighted by Crippen LogP contribution is 2.39. The Morgan fingerprint density at radius 3 is 1.95 bits per heavy atom. The third-order valence-electron chi connectivity index (χ3n) is 9.13. The Morgan fingerprint density at radius 2 is 1.41 bits per heavy atom. The summed E-state index contributed by atoms with van der Waals surface area (Å²) in [6, 6.07) is 29.6. The maximum absolute atomic E-state index is 11.4. The first-order valence-electron chi connectivity index (χ1n) is 14.9. The highest BCUT2D eigenvalue weighted by molar-refractivity contribution is 6.30. The second-order valence-corrected chi connectivity index (χ2v) is 12.2. The number of nitrogens with two attached hydrogens (primary N) is 1. The van der Waals surface area contributed by atoms with Gasteiger partial charge in [0, 0.05) is 49.2 Å². The molecule has 6 heteroatoms. The monoisotopic (exact) mass is 571 g/mol. The summed E-state index contributed by atoms with van der Waals surface area (Å²) in [7, 11) is 0. The minimum Gasteiger partial charge on any atom is -0.385 e. The lowest BCUT2D eigenvalue weighted by atomic mass is 9.70. The summed E-state index contributed by atoms with van der Waals surface area (Å²) in [5.41, 5.74) is 9.31. The van der Waals surface area contributed by atoms with Gasteiger partial charge in [-0.3, -0.25) is 4.79 Å². The second kappa shape index (κ2) is 13.3. The van der Waals surface area contributed by atoms with Crippen molar-refractivity contribution in [3.8, 4) is 0 Å². The molecule has 0 aromatic heterocycles. The van der Waals surface area contributed by atoms with Crippen LogP contribution in [0.5, 0.6) is 0 Å². The summed E-state index contributed by atoms with van der Waals surface area (Å²) < 4.78 is 0. The van der Waals surface area contributed by atoms with E-state index in [1.807, 2.05) is 24.3 Å². The normalized spacial score (nSPS) is 18.2. The number of primary amides is 1. The molecule has 0 atom stereocenters. The molecule has 2 saturated heterocycles. The first-order valence-corrected chi connectivity index (χ1v) is 15.3. The van der Waals surface area contributed by atoms with Crippen LogP contribution >= 0.6 is 11.6 Å². The summed E-state index contributed by atoms with van der Waals surface area (Å²) in [5.74, 6) is -0.347. The fourth-order valence-corrected chi connectivity index (χ4v) is 6.88. The summed E-state index contributed by atoms with van der Waals surface area (Å²) >= 11 is 6.08. The van der Waals surface area contributed by atoms with Crippen molar-refractivity contribution in [2.45, 2.75) is 49.5 Å². The highest BCUT2D eigenvalue weighted by atomic mass is 35.5. The lowest BCUT2D eigenvalue weighted by Gasteiger charge is -2.42. The van der Waals surface area contributed by atoms with Crippen LogP contribution in [0.1, 0.15) is 55.2 Å². The topological polar surface area (TPSA) is 69.8 Å². The first kappa shape index (κ1) is 29.5. The third-order valence-corrected chi connectivity index (χ3v) is 9.39. The van der Waals surface area contributed by atoms with Gasteiger partial charge in [0.2, 0.25) is 5.91 Å². The number of nitrogens with zero attached hydrogens (tertiary/aromatic N) is 2. The number of aliphatic hydroxyl groups is 1. The van der Waals surface area contributed by atoms with Crippen molar-refractivity contribution in [2.24, 2.45) is 5.73 Å². The zero-order valence-electron chi connectivity index (χ0n) is 23.9. The van der Waals surface area contributed by atoms with E-state index in [2.05, 4.69) is 70.5 Å². The predicted molar refractivity (Wildman–Crippen MR) is 167 cm³/mol. The van der Waals surface area contributed by atoms with E-state index in [1.54, 1.807) is 6.08 Å². The minimum absolute atomic E-state index is 0.146. The van der Waals surface area contributed by atoms with Crippen LogP contribution in [-0.2, 0) is 15.8 Å². The standard InChI is InChI=1S/C35H42ClN3O2/c36-32-14-12-31(13-15-32)35(41)19-24-38(25-20-35)21-7-18-34(29-8-3-1-4-9-29,30-10-5-2-6-11-30)27-39-22-16-28(17-23-39)26-33(37)40/h1-6,8-15,26,41H,7,16-25,27H2,(H2,37,40). The first-order chi connectivity index (χ1) is 19.9. The highest BCUT2D eigenvalue weighted by Gasteiger charge is 2.37. The van der Waals surface area contributed by atoms with Crippen LogP contribution in [0.4, 0.5) is 0 Å². The maximum Gasteiger partial charge on any atom is 0.241 e. The molecule has 0 saturated carbocycles. The Hall–Kier alpha value is -2.96. The molecule has 5 rings (SSSR count). The van der Waals surface area contributed by atoms with Crippen LogP contribution in [0.15, 0.2) is 96.6 Å². The average Bonchev–Trinajstić information content (AvgIpc) is 2.99. The summed E-state index contributed by atoms with van der Waals surface area (Å²) in [5, 5.41) is 12.0. The molecule has 41 heavy (non-hydrogen) atoms. The van der Waals surface area contributed by atoms with Crippen LogP contribution in [0.3, 0.4) is 0 Å². The van der Waals surface area contributed by atoms with Gasteiger partial charge in [-0.05, 0) is 73.9 Å². The van der Waals surface area contributed by atoms with Crippen molar-refractivity contribution in [2.75, 3.05) is 39.3 Å². The molecule has 0 bridgehead atoms. The predicted octanol–water partition coefficient (Wildman–Crippen LogP) is 5.90. The van der Waals surface area contributed by atoms with Crippen molar-refractivity contribution >= 4 is 17.5 Å². The molecule has 216 valence electrons. The lowest BCUT2D eigenvalue weighted by Crippen LogP contribution is -2.45. The van der Waals surface area contributed by atoms with Gasteiger partial charge in [0.1, 0.15) is 0 Å². The van der Waals surface area contributed by atoms with Crippen molar-refractivity contribution < 1.29 is 9.90 Å². The molecule has 0 unspecified atom stereocenters. The van der Waals surface area contributed by atoms with E-state index in [9.17, 15) is 9.90 Å². The molecular weight excluding hydrogens is 530 g/mol. The van der Waals surface area contributed by atoms with Crippen molar-refractivity contribution in [3.63, 3.8) is 0 Å². The zero-order chi connectivity index (χ0) is 28.7. The van der Waals surface area contributed by atoms with Gasteiger partial charge in [-0.1, -0.05) is 90.0 Å². The molecule has 3 aromatic carbocycles. The molecule has 1 amide bonds. The number of piperidine rings is 2. The fraction of sp³-hybridized carbons (Fsp3) is 0.400. The number of carbonyl (C=O) groups is 1. The van der Waals surface area contributed by atoms with Gasteiger partial charge < -0.3 is 20.6 Å². The van der Waals surface area contributed by atoms with E-state index >= 15 is 0 Å². The molecule has 2 fully saturated rings. The molecule has 2 aliphatic heterocycles. The van der Waals surface area contributed by atoms with Crippen molar-refractivity contribution in [3.05, 3.63) is 118 Å². The molecular formula is C35H42ClN3O2. The largest absolute Gasteiger partial charge is 0.385 e. The lowest BCUT2D eigenvalue weighted by molar-refractivity contribution is -0.113. The number of benzene rings is 3. The van der Waals surface area contributed by atoms with E-state index < -0.39 is 5.60 Å². The molecule has 2 aliphatic rings. The van der Waals surface area contributed by atoms with E-state index in [1.165, 1.54) is 11.1 Å². The Morgan fingerprint density at radius 1 is 0.854 bits per heavy atom. The summed E-state index contributed by atoms with van der Waals surface area (Å²) in [4.78, 5) is 16.5. The van der Waals surface area contributed by atoms with Gasteiger partial charge in [-0.2, -0.15) is 0 Å². The second-order valence-electron chi connectivity index (χ2n) is 11.8.